The van der Waals surface area contributed by atoms with Crippen molar-refractivity contribution in [3.05, 3.63) is 77.8 Å². The molecule has 2 aromatic carbocycles. The molecule has 0 spiro atoms. The first-order chi connectivity index (χ1) is 15.0. The van der Waals surface area contributed by atoms with Gasteiger partial charge in [-0.25, -0.2) is 4.98 Å². The summed E-state index contributed by atoms with van der Waals surface area (Å²) in [6.45, 7) is 2.18. The van der Waals surface area contributed by atoms with Crippen molar-refractivity contribution in [2.24, 2.45) is 0 Å². The Morgan fingerprint density at radius 3 is 2.74 bits per heavy atom. The van der Waals surface area contributed by atoms with Crippen molar-refractivity contribution in [3.63, 3.8) is 0 Å². The molecule has 158 valence electrons. The lowest BCUT2D eigenvalue weighted by Crippen LogP contribution is -2.18. The predicted molar refractivity (Wildman–Crippen MR) is 121 cm³/mol. The molecule has 6 nitrogen and oxygen atoms in total. The SMILES string of the molecule is COC(=O)C(Br)Cc1cnc2cc(OCc3nc(-c4ccccc4)oc3C)ccc2c1. The number of ether oxygens (including phenoxy) is 2. The number of esters is 1. The lowest BCUT2D eigenvalue weighted by atomic mass is 10.1. The third kappa shape index (κ3) is 4.94. The molecule has 0 N–H and O–H groups in total. The van der Waals surface area contributed by atoms with E-state index in [1.165, 1.54) is 7.11 Å². The highest BCUT2D eigenvalue weighted by Gasteiger charge is 2.16. The standard InChI is InChI=1S/C24H21BrN2O4/c1-15-22(27-23(31-15)17-6-4-3-5-7-17)14-30-19-9-8-18-10-16(13-26-21(18)12-19)11-20(25)24(28)29-2/h3-10,12-13,20H,11,14H2,1-2H3. The van der Waals surface area contributed by atoms with Gasteiger partial charge in [-0.2, -0.15) is 0 Å². The van der Waals surface area contributed by atoms with Gasteiger partial charge in [0.25, 0.3) is 0 Å². The van der Waals surface area contributed by atoms with E-state index in [0.717, 1.165) is 33.5 Å². The summed E-state index contributed by atoms with van der Waals surface area (Å²) in [4.78, 5) is 20.3. The number of aromatic nitrogens is 2. The molecule has 1 atom stereocenters. The minimum Gasteiger partial charge on any atom is -0.487 e. The molecule has 31 heavy (non-hydrogen) atoms. The fourth-order valence-electron chi connectivity index (χ4n) is 3.18. The summed E-state index contributed by atoms with van der Waals surface area (Å²) in [7, 11) is 1.37. The average Bonchev–Trinajstić information content (AvgIpc) is 3.18. The number of oxazole rings is 1. The Bertz CT molecular complexity index is 1210. The first-order valence-corrected chi connectivity index (χ1v) is 10.7. The maximum Gasteiger partial charge on any atom is 0.319 e. The smallest absolute Gasteiger partial charge is 0.319 e. The molecular weight excluding hydrogens is 460 g/mol. The molecule has 0 aliphatic heterocycles. The number of alkyl halides is 1. The van der Waals surface area contributed by atoms with Gasteiger partial charge in [-0.15, -0.1) is 0 Å². The highest BCUT2D eigenvalue weighted by Crippen LogP contribution is 2.25. The Morgan fingerprint density at radius 2 is 1.97 bits per heavy atom. The Kier molecular flexibility index (Phi) is 6.32. The normalized spacial score (nSPS) is 12.0. The van der Waals surface area contributed by atoms with Gasteiger partial charge in [-0.1, -0.05) is 34.1 Å². The second kappa shape index (κ2) is 9.31. The van der Waals surface area contributed by atoms with E-state index < -0.39 is 4.83 Å². The van der Waals surface area contributed by atoms with Crippen molar-refractivity contribution in [1.29, 1.82) is 0 Å². The van der Waals surface area contributed by atoms with Gasteiger partial charge in [0.2, 0.25) is 5.89 Å². The number of carbonyl (C=O) groups excluding carboxylic acids is 1. The van der Waals surface area contributed by atoms with Crippen molar-refractivity contribution < 1.29 is 18.7 Å². The average molecular weight is 481 g/mol. The molecule has 0 aliphatic rings. The van der Waals surface area contributed by atoms with Crippen LogP contribution in [-0.4, -0.2) is 27.9 Å². The van der Waals surface area contributed by atoms with E-state index in [1.807, 2.05) is 61.5 Å². The maximum atomic E-state index is 11.6. The number of hydrogen-bond donors (Lipinski definition) is 0. The van der Waals surface area contributed by atoms with Gasteiger partial charge in [0, 0.05) is 23.2 Å². The maximum absolute atomic E-state index is 11.6. The van der Waals surface area contributed by atoms with E-state index in [0.29, 0.717) is 24.7 Å². The molecule has 0 radical (unpaired) electrons. The number of aryl methyl sites for hydroxylation is 1. The topological polar surface area (TPSA) is 74.5 Å². The van der Waals surface area contributed by atoms with Gasteiger partial charge in [0.15, 0.2) is 0 Å². The highest BCUT2D eigenvalue weighted by atomic mass is 79.9. The lowest BCUT2D eigenvalue weighted by molar-refractivity contribution is -0.139. The van der Waals surface area contributed by atoms with Crippen LogP contribution in [0.25, 0.3) is 22.4 Å². The van der Waals surface area contributed by atoms with Crippen molar-refractivity contribution in [2.45, 2.75) is 24.8 Å². The quantitative estimate of drug-likeness (QED) is 0.265. The third-order valence-corrected chi connectivity index (χ3v) is 5.57. The number of halogens is 1. The van der Waals surface area contributed by atoms with Gasteiger partial charge in [-0.3, -0.25) is 9.78 Å². The number of methoxy groups -OCH3 is 1. The minimum absolute atomic E-state index is 0.302. The van der Waals surface area contributed by atoms with Crippen LogP contribution in [0.15, 0.2) is 65.2 Å². The zero-order chi connectivity index (χ0) is 21.8. The summed E-state index contributed by atoms with van der Waals surface area (Å²) >= 11 is 3.35. The fourth-order valence-corrected chi connectivity index (χ4v) is 3.74. The van der Waals surface area contributed by atoms with E-state index in [1.54, 1.807) is 6.20 Å². The number of rotatable bonds is 7. The lowest BCUT2D eigenvalue weighted by Gasteiger charge is -2.09. The summed E-state index contributed by atoms with van der Waals surface area (Å²) in [6, 6.07) is 17.5. The van der Waals surface area contributed by atoms with E-state index in [-0.39, 0.29) is 5.97 Å². The minimum atomic E-state index is -0.397. The Hall–Kier alpha value is -3.19. The molecule has 1 unspecified atom stereocenters. The molecule has 2 aromatic heterocycles. The van der Waals surface area contributed by atoms with Gasteiger partial charge in [0.05, 0.1) is 12.6 Å². The molecule has 4 aromatic rings. The summed E-state index contributed by atoms with van der Waals surface area (Å²) < 4.78 is 16.5. The van der Waals surface area contributed by atoms with Crippen LogP contribution >= 0.6 is 15.9 Å². The second-order valence-electron chi connectivity index (χ2n) is 7.07. The van der Waals surface area contributed by atoms with Gasteiger partial charge >= 0.3 is 5.97 Å². The van der Waals surface area contributed by atoms with Crippen LogP contribution < -0.4 is 4.74 Å². The van der Waals surface area contributed by atoms with Gasteiger partial charge in [0.1, 0.15) is 28.6 Å². The van der Waals surface area contributed by atoms with E-state index >= 15 is 0 Å². The molecule has 0 saturated carbocycles. The molecular formula is C24H21BrN2O4. The molecule has 0 bridgehead atoms. The fraction of sp³-hybridized carbons (Fsp3) is 0.208. The first kappa shape index (κ1) is 21.1. The number of benzene rings is 2. The van der Waals surface area contributed by atoms with E-state index in [4.69, 9.17) is 13.9 Å². The summed E-state index contributed by atoms with van der Waals surface area (Å²) in [5.74, 6) is 1.71. The monoisotopic (exact) mass is 480 g/mol. The molecule has 2 heterocycles. The molecule has 7 heteroatoms. The van der Waals surface area contributed by atoms with Crippen molar-refractivity contribution >= 4 is 32.8 Å². The Labute approximate surface area is 188 Å². The number of fused-ring (bicyclic) bond motifs is 1. The van der Waals surface area contributed by atoms with Crippen LogP contribution in [0.4, 0.5) is 0 Å². The Morgan fingerprint density at radius 1 is 1.16 bits per heavy atom. The van der Waals surface area contributed by atoms with Crippen LogP contribution in [-0.2, 0) is 22.6 Å². The largest absolute Gasteiger partial charge is 0.487 e. The van der Waals surface area contributed by atoms with E-state index in [9.17, 15) is 4.79 Å². The number of carbonyl (C=O) groups is 1. The highest BCUT2D eigenvalue weighted by molar-refractivity contribution is 9.10. The van der Waals surface area contributed by atoms with Crippen molar-refractivity contribution in [2.75, 3.05) is 7.11 Å². The molecule has 0 aliphatic carbocycles. The molecule has 4 rings (SSSR count). The van der Waals surface area contributed by atoms with Gasteiger partial charge in [-0.05, 0) is 49.2 Å². The molecule has 0 saturated heterocycles. The van der Waals surface area contributed by atoms with Crippen LogP contribution in [0, 0.1) is 6.92 Å². The first-order valence-electron chi connectivity index (χ1n) is 9.78. The third-order valence-electron chi connectivity index (χ3n) is 4.87. The summed E-state index contributed by atoms with van der Waals surface area (Å²) in [5.41, 5.74) is 3.45. The summed E-state index contributed by atoms with van der Waals surface area (Å²) in [6.07, 6.45) is 2.26. The van der Waals surface area contributed by atoms with Crippen LogP contribution in [0.2, 0.25) is 0 Å². The zero-order valence-corrected chi connectivity index (χ0v) is 18.8. The van der Waals surface area contributed by atoms with E-state index in [2.05, 4.69) is 25.9 Å². The van der Waals surface area contributed by atoms with Gasteiger partial charge < -0.3 is 13.9 Å². The van der Waals surface area contributed by atoms with Crippen LogP contribution in [0.1, 0.15) is 17.0 Å². The molecule has 0 amide bonds. The predicted octanol–water partition coefficient (Wildman–Crippen LogP) is 5.26. The van der Waals surface area contributed by atoms with Crippen molar-refractivity contribution in [1.82, 2.24) is 9.97 Å². The van der Waals surface area contributed by atoms with Crippen LogP contribution in [0.5, 0.6) is 5.75 Å². The Balaban J connectivity index is 1.45. The number of hydrogen-bond acceptors (Lipinski definition) is 6. The summed E-state index contributed by atoms with van der Waals surface area (Å²) in [5, 5.41) is 0.971. The molecule has 0 fully saturated rings. The van der Waals surface area contributed by atoms with Crippen LogP contribution in [0.3, 0.4) is 0 Å². The zero-order valence-electron chi connectivity index (χ0n) is 17.2. The number of nitrogens with zero attached hydrogens (tertiary/aromatic N) is 2. The number of pyridine rings is 1. The second-order valence-corrected chi connectivity index (χ2v) is 8.17. The van der Waals surface area contributed by atoms with Crippen molar-refractivity contribution in [3.8, 4) is 17.2 Å².